The van der Waals surface area contributed by atoms with E-state index < -0.39 is 0 Å². The van der Waals surface area contributed by atoms with Crippen LogP contribution in [-0.4, -0.2) is 19.1 Å². The minimum Gasteiger partial charge on any atom is -0.362 e. The Morgan fingerprint density at radius 1 is 1.50 bits per heavy atom. The van der Waals surface area contributed by atoms with Gasteiger partial charge in [-0.3, -0.25) is 4.79 Å². The van der Waals surface area contributed by atoms with E-state index in [1.807, 2.05) is 25.1 Å². The van der Waals surface area contributed by atoms with Gasteiger partial charge in [0.05, 0.1) is 0 Å². The summed E-state index contributed by atoms with van der Waals surface area (Å²) in [6.45, 7) is 2.78. The summed E-state index contributed by atoms with van der Waals surface area (Å²) in [5.41, 5.74) is 2.34. The molecule has 0 unspecified atom stereocenters. The standard InChI is InChI=1S/C11H13NO2/c1-8-3-2-4-9(5-8)10-6-12-11(13)7-14-10/h2-5,10H,6-7H2,1H3,(H,12,13)/t10-/m1/s1. The van der Waals surface area contributed by atoms with Gasteiger partial charge in [0.2, 0.25) is 5.91 Å². The lowest BCUT2D eigenvalue weighted by molar-refractivity contribution is -0.133. The zero-order chi connectivity index (χ0) is 9.97. The van der Waals surface area contributed by atoms with Crippen LogP contribution in [0.4, 0.5) is 0 Å². The molecule has 1 N–H and O–H groups in total. The fourth-order valence-corrected chi connectivity index (χ4v) is 1.58. The number of aryl methyl sites for hydroxylation is 1. The van der Waals surface area contributed by atoms with E-state index in [0.717, 1.165) is 5.56 Å². The molecule has 0 saturated carbocycles. The maximum Gasteiger partial charge on any atom is 0.246 e. The van der Waals surface area contributed by atoms with Crippen molar-refractivity contribution in [2.45, 2.75) is 13.0 Å². The Hall–Kier alpha value is -1.35. The highest BCUT2D eigenvalue weighted by molar-refractivity contribution is 5.77. The molecule has 0 aliphatic carbocycles. The third kappa shape index (κ3) is 1.93. The highest BCUT2D eigenvalue weighted by Gasteiger charge is 2.19. The number of hydrogen-bond acceptors (Lipinski definition) is 2. The van der Waals surface area contributed by atoms with Gasteiger partial charge in [0.25, 0.3) is 0 Å². The van der Waals surface area contributed by atoms with Gasteiger partial charge in [0.1, 0.15) is 12.7 Å². The molecule has 1 fully saturated rings. The average Bonchev–Trinajstić information content (AvgIpc) is 2.19. The van der Waals surface area contributed by atoms with E-state index in [1.54, 1.807) is 0 Å². The average molecular weight is 191 g/mol. The second-order valence-corrected chi connectivity index (χ2v) is 3.52. The summed E-state index contributed by atoms with van der Waals surface area (Å²) < 4.78 is 5.42. The van der Waals surface area contributed by atoms with Crippen LogP contribution in [0.1, 0.15) is 17.2 Å². The molecule has 1 aliphatic rings. The third-order valence-corrected chi connectivity index (χ3v) is 2.31. The number of hydrogen-bond donors (Lipinski definition) is 1. The molecule has 1 heterocycles. The lowest BCUT2D eigenvalue weighted by atomic mass is 10.1. The molecule has 14 heavy (non-hydrogen) atoms. The first-order valence-electron chi connectivity index (χ1n) is 4.70. The Labute approximate surface area is 83.1 Å². The monoisotopic (exact) mass is 191 g/mol. The molecular weight excluding hydrogens is 178 g/mol. The Balaban J connectivity index is 2.12. The van der Waals surface area contributed by atoms with Crippen LogP contribution in [-0.2, 0) is 9.53 Å². The normalized spacial score (nSPS) is 21.8. The van der Waals surface area contributed by atoms with Crippen molar-refractivity contribution >= 4 is 5.91 Å². The fraction of sp³-hybridized carbons (Fsp3) is 0.364. The second kappa shape index (κ2) is 3.80. The molecule has 1 atom stereocenters. The lowest BCUT2D eigenvalue weighted by Crippen LogP contribution is -2.38. The predicted octanol–water partition coefficient (Wildman–Crippen LogP) is 1.18. The number of carbonyl (C=O) groups excluding carboxylic acids is 1. The molecular formula is C11H13NO2. The van der Waals surface area contributed by atoms with Gasteiger partial charge in [-0.05, 0) is 12.5 Å². The van der Waals surface area contributed by atoms with Gasteiger partial charge >= 0.3 is 0 Å². The summed E-state index contributed by atoms with van der Waals surface area (Å²) in [7, 11) is 0. The van der Waals surface area contributed by atoms with E-state index in [2.05, 4.69) is 11.4 Å². The van der Waals surface area contributed by atoms with Crippen molar-refractivity contribution in [3.8, 4) is 0 Å². The molecule has 1 amide bonds. The lowest BCUT2D eigenvalue weighted by Gasteiger charge is -2.23. The third-order valence-electron chi connectivity index (χ3n) is 2.31. The highest BCUT2D eigenvalue weighted by Crippen LogP contribution is 2.19. The molecule has 0 radical (unpaired) electrons. The van der Waals surface area contributed by atoms with Gasteiger partial charge in [-0.1, -0.05) is 29.8 Å². The van der Waals surface area contributed by atoms with Crippen LogP contribution >= 0.6 is 0 Å². The van der Waals surface area contributed by atoms with E-state index in [1.165, 1.54) is 5.56 Å². The predicted molar refractivity (Wildman–Crippen MR) is 52.9 cm³/mol. The Morgan fingerprint density at radius 2 is 2.36 bits per heavy atom. The van der Waals surface area contributed by atoms with Crippen LogP contribution in [0.5, 0.6) is 0 Å². The van der Waals surface area contributed by atoms with Crippen molar-refractivity contribution < 1.29 is 9.53 Å². The van der Waals surface area contributed by atoms with Crippen LogP contribution < -0.4 is 5.32 Å². The number of ether oxygens (including phenoxy) is 1. The first-order valence-corrected chi connectivity index (χ1v) is 4.70. The van der Waals surface area contributed by atoms with Crippen LogP contribution in [0.25, 0.3) is 0 Å². The number of rotatable bonds is 1. The summed E-state index contributed by atoms with van der Waals surface area (Å²) in [6, 6.07) is 8.16. The van der Waals surface area contributed by atoms with Gasteiger partial charge in [-0.25, -0.2) is 0 Å². The molecule has 2 rings (SSSR count). The molecule has 0 aromatic heterocycles. The summed E-state index contributed by atoms with van der Waals surface area (Å²) in [5, 5.41) is 2.79. The summed E-state index contributed by atoms with van der Waals surface area (Å²) in [4.78, 5) is 10.9. The molecule has 1 aromatic rings. The Kier molecular flexibility index (Phi) is 2.50. The van der Waals surface area contributed by atoms with Crippen molar-refractivity contribution in [1.29, 1.82) is 0 Å². The highest BCUT2D eigenvalue weighted by atomic mass is 16.5. The van der Waals surface area contributed by atoms with Crippen molar-refractivity contribution in [3.63, 3.8) is 0 Å². The van der Waals surface area contributed by atoms with Crippen molar-refractivity contribution in [1.82, 2.24) is 5.32 Å². The maximum absolute atomic E-state index is 10.9. The minimum atomic E-state index is -0.0334. The molecule has 0 bridgehead atoms. The first-order chi connectivity index (χ1) is 6.75. The molecule has 3 heteroatoms. The SMILES string of the molecule is Cc1cccc([C@H]2CNC(=O)CO2)c1. The van der Waals surface area contributed by atoms with Gasteiger partial charge in [-0.15, -0.1) is 0 Å². The smallest absolute Gasteiger partial charge is 0.246 e. The maximum atomic E-state index is 10.9. The summed E-state index contributed by atoms with van der Waals surface area (Å²) in [6.07, 6.45) is 0.00704. The number of nitrogens with one attached hydrogen (secondary N) is 1. The van der Waals surface area contributed by atoms with Gasteiger partial charge < -0.3 is 10.1 Å². The Morgan fingerprint density at radius 3 is 3.00 bits per heavy atom. The summed E-state index contributed by atoms with van der Waals surface area (Å²) >= 11 is 0. The van der Waals surface area contributed by atoms with E-state index in [4.69, 9.17) is 4.74 Å². The zero-order valence-electron chi connectivity index (χ0n) is 8.12. The molecule has 1 aliphatic heterocycles. The van der Waals surface area contributed by atoms with E-state index in [9.17, 15) is 4.79 Å². The number of morpholine rings is 1. The second-order valence-electron chi connectivity index (χ2n) is 3.52. The van der Waals surface area contributed by atoms with Gasteiger partial charge in [0, 0.05) is 6.54 Å². The molecule has 1 aromatic carbocycles. The summed E-state index contributed by atoms with van der Waals surface area (Å²) in [5.74, 6) is -0.0334. The number of carbonyl (C=O) groups is 1. The minimum absolute atomic E-state index is 0.00704. The zero-order valence-corrected chi connectivity index (χ0v) is 8.12. The Bertz CT molecular complexity index is 339. The van der Waals surface area contributed by atoms with Crippen LogP contribution in [0, 0.1) is 6.92 Å². The molecule has 3 nitrogen and oxygen atoms in total. The van der Waals surface area contributed by atoms with Crippen LogP contribution in [0.3, 0.4) is 0 Å². The number of amides is 1. The molecule has 0 spiro atoms. The van der Waals surface area contributed by atoms with E-state index in [0.29, 0.717) is 6.54 Å². The fourth-order valence-electron chi connectivity index (χ4n) is 1.58. The van der Waals surface area contributed by atoms with Crippen molar-refractivity contribution in [2.24, 2.45) is 0 Å². The van der Waals surface area contributed by atoms with Crippen LogP contribution in [0.15, 0.2) is 24.3 Å². The van der Waals surface area contributed by atoms with E-state index in [-0.39, 0.29) is 18.6 Å². The van der Waals surface area contributed by atoms with Gasteiger partial charge in [-0.2, -0.15) is 0 Å². The molecule has 74 valence electrons. The first kappa shape index (κ1) is 9.21. The van der Waals surface area contributed by atoms with Gasteiger partial charge in [0.15, 0.2) is 0 Å². The quantitative estimate of drug-likeness (QED) is 0.724. The van der Waals surface area contributed by atoms with Crippen LogP contribution in [0.2, 0.25) is 0 Å². The van der Waals surface area contributed by atoms with E-state index >= 15 is 0 Å². The largest absolute Gasteiger partial charge is 0.362 e. The molecule has 1 saturated heterocycles. The van der Waals surface area contributed by atoms with Crippen molar-refractivity contribution in [3.05, 3.63) is 35.4 Å². The number of benzene rings is 1. The van der Waals surface area contributed by atoms with Crippen molar-refractivity contribution in [2.75, 3.05) is 13.2 Å². The topological polar surface area (TPSA) is 38.3 Å².